The van der Waals surface area contributed by atoms with Gasteiger partial charge in [0.15, 0.2) is 0 Å². The highest BCUT2D eigenvalue weighted by molar-refractivity contribution is 5.67. The Bertz CT molecular complexity index is 201. The molecule has 13 heavy (non-hydrogen) atoms. The number of aliphatic carboxylic acids is 1. The molecular formula is C7H12FNO4. The van der Waals surface area contributed by atoms with Crippen LogP contribution in [0.15, 0.2) is 0 Å². The highest BCUT2D eigenvalue weighted by atomic mass is 19.1. The Morgan fingerprint density at radius 3 is 2.46 bits per heavy atom. The van der Waals surface area contributed by atoms with Crippen molar-refractivity contribution in [3.05, 3.63) is 0 Å². The summed E-state index contributed by atoms with van der Waals surface area (Å²) in [6.07, 6.45) is -3.35. The molecule has 6 heteroatoms. The fraction of sp³-hybridized carbons (Fsp3) is 0.857. The topological polar surface area (TPSA) is 89.8 Å². The maximum Gasteiger partial charge on any atom is 0.305 e. The van der Waals surface area contributed by atoms with E-state index in [1.807, 2.05) is 0 Å². The number of carboxylic acids is 1. The number of hydrogen-bond acceptors (Lipinski definition) is 4. The second-order valence-electron chi connectivity index (χ2n) is 3.10. The lowest BCUT2D eigenvalue weighted by molar-refractivity contribution is -0.137. The molecule has 4 atom stereocenters. The highest BCUT2D eigenvalue weighted by Gasteiger charge is 2.42. The van der Waals surface area contributed by atoms with Crippen molar-refractivity contribution in [3.63, 3.8) is 0 Å². The minimum absolute atomic E-state index is 0.394. The number of rotatable bonds is 3. The van der Waals surface area contributed by atoms with Crippen LogP contribution in [0.4, 0.5) is 4.39 Å². The molecule has 1 aliphatic heterocycles. The first-order valence-electron chi connectivity index (χ1n) is 3.97. The predicted octanol–water partition coefficient (Wildman–Crippen LogP) is -1.51. The fourth-order valence-corrected chi connectivity index (χ4v) is 1.45. The van der Waals surface area contributed by atoms with Crippen molar-refractivity contribution in [1.82, 2.24) is 5.32 Å². The van der Waals surface area contributed by atoms with E-state index in [1.54, 1.807) is 0 Å². The smallest absolute Gasteiger partial charge is 0.305 e. The Balaban J connectivity index is 2.55. The maximum atomic E-state index is 13.1. The summed E-state index contributed by atoms with van der Waals surface area (Å²) in [4.78, 5) is 10.3. The second kappa shape index (κ2) is 3.99. The van der Waals surface area contributed by atoms with Crippen LogP contribution in [-0.4, -0.2) is 52.3 Å². The van der Waals surface area contributed by atoms with Crippen LogP contribution in [0.1, 0.15) is 6.42 Å². The molecule has 0 bridgehead atoms. The number of carbonyl (C=O) groups is 1. The maximum absolute atomic E-state index is 13.1. The van der Waals surface area contributed by atoms with E-state index in [-0.39, 0.29) is 0 Å². The van der Waals surface area contributed by atoms with Crippen molar-refractivity contribution >= 4 is 5.97 Å². The third kappa shape index (κ3) is 2.15. The summed E-state index contributed by atoms with van der Waals surface area (Å²) in [5, 5.41) is 28.7. The first-order chi connectivity index (χ1) is 6.06. The van der Waals surface area contributed by atoms with Gasteiger partial charge in [0.05, 0.1) is 25.1 Å². The first kappa shape index (κ1) is 10.4. The number of halogens is 1. The SMILES string of the molecule is O=C(O)CC1NC(CO)C(O)C1F. The number of aliphatic hydroxyl groups is 2. The predicted molar refractivity (Wildman–Crippen MR) is 41.0 cm³/mol. The molecule has 1 rings (SSSR count). The van der Waals surface area contributed by atoms with E-state index in [2.05, 4.69) is 5.32 Å². The molecule has 1 aliphatic rings. The van der Waals surface area contributed by atoms with Gasteiger partial charge in [-0.3, -0.25) is 4.79 Å². The molecule has 0 aromatic rings. The molecule has 0 spiro atoms. The van der Waals surface area contributed by atoms with Gasteiger partial charge < -0.3 is 20.6 Å². The van der Waals surface area contributed by atoms with Crippen molar-refractivity contribution < 1.29 is 24.5 Å². The minimum atomic E-state index is -1.63. The van der Waals surface area contributed by atoms with Crippen molar-refractivity contribution in [2.24, 2.45) is 0 Å². The molecule has 4 unspecified atom stereocenters. The van der Waals surface area contributed by atoms with Crippen LogP contribution < -0.4 is 5.32 Å². The van der Waals surface area contributed by atoms with Crippen LogP contribution in [0.5, 0.6) is 0 Å². The zero-order valence-corrected chi connectivity index (χ0v) is 6.85. The summed E-state index contributed by atoms with van der Waals surface area (Å²) in [5.74, 6) is -1.13. The van der Waals surface area contributed by atoms with E-state index in [0.29, 0.717) is 0 Å². The minimum Gasteiger partial charge on any atom is -0.481 e. The van der Waals surface area contributed by atoms with E-state index in [1.165, 1.54) is 0 Å². The molecule has 1 saturated heterocycles. The first-order valence-corrected chi connectivity index (χ1v) is 3.97. The monoisotopic (exact) mass is 193 g/mol. The van der Waals surface area contributed by atoms with Gasteiger partial charge in [-0.05, 0) is 0 Å². The van der Waals surface area contributed by atoms with Gasteiger partial charge in [-0.25, -0.2) is 4.39 Å². The Kier molecular flexibility index (Phi) is 3.18. The van der Waals surface area contributed by atoms with Gasteiger partial charge in [-0.1, -0.05) is 0 Å². The van der Waals surface area contributed by atoms with Crippen molar-refractivity contribution in [3.8, 4) is 0 Å². The zero-order valence-electron chi connectivity index (χ0n) is 6.85. The van der Waals surface area contributed by atoms with Gasteiger partial charge >= 0.3 is 5.97 Å². The molecule has 5 nitrogen and oxygen atoms in total. The zero-order chi connectivity index (χ0) is 10.0. The molecule has 76 valence electrons. The Labute approximate surface area is 74.2 Å². The van der Waals surface area contributed by atoms with Gasteiger partial charge in [-0.2, -0.15) is 0 Å². The molecular weight excluding hydrogens is 181 g/mol. The van der Waals surface area contributed by atoms with Gasteiger partial charge in [0, 0.05) is 0 Å². The normalized spacial score (nSPS) is 39.3. The summed E-state index contributed by atoms with van der Waals surface area (Å²) in [5.41, 5.74) is 0. The van der Waals surface area contributed by atoms with Gasteiger partial charge in [0.2, 0.25) is 0 Å². The largest absolute Gasteiger partial charge is 0.481 e. The van der Waals surface area contributed by atoms with Gasteiger partial charge in [-0.15, -0.1) is 0 Å². The summed E-state index contributed by atoms with van der Waals surface area (Å²) >= 11 is 0. The molecule has 0 radical (unpaired) electrons. The Morgan fingerprint density at radius 1 is 1.46 bits per heavy atom. The molecule has 4 N–H and O–H groups in total. The third-order valence-corrected chi connectivity index (χ3v) is 2.14. The summed E-state index contributed by atoms with van der Waals surface area (Å²) < 4.78 is 13.1. The summed E-state index contributed by atoms with van der Waals surface area (Å²) in [6, 6.07) is -1.68. The number of carboxylic acid groups (broad SMARTS) is 1. The fourth-order valence-electron chi connectivity index (χ4n) is 1.45. The van der Waals surface area contributed by atoms with Crippen LogP contribution in [0, 0.1) is 0 Å². The van der Waals surface area contributed by atoms with Crippen molar-refractivity contribution in [2.75, 3.05) is 6.61 Å². The lowest BCUT2D eigenvalue weighted by Crippen LogP contribution is -2.36. The van der Waals surface area contributed by atoms with Crippen LogP contribution in [0.25, 0.3) is 0 Å². The van der Waals surface area contributed by atoms with E-state index >= 15 is 0 Å². The summed E-state index contributed by atoms with van der Waals surface area (Å²) in [7, 11) is 0. The van der Waals surface area contributed by atoms with Crippen LogP contribution >= 0.6 is 0 Å². The van der Waals surface area contributed by atoms with E-state index in [0.717, 1.165) is 0 Å². The lowest BCUT2D eigenvalue weighted by Gasteiger charge is -2.10. The van der Waals surface area contributed by atoms with Crippen molar-refractivity contribution in [1.29, 1.82) is 0 Å². The molecule has 0 saturated carbocycles. The number of aliphatic hydroxyl groups excluding tert-OH is 2. The highest BCUT2D eigenvalue weighted by Crippen LogP contribution is 2.19. The number of nitrogens with one attached hydrogen (secondary N) is 1. The lowest BCUT2D eigenvalue weighted by atomic mass is 10.1. The van der Waals surface area contributed by atoms with Gasteiger partial charge in [0.25, 0.3) is 0 Å². The second-order valence-corrected chi connectivity index (χ2v) is 3.10. The standard InChI is InChI=1S/C7H12FNO4/c8-6-3(1-5(11)12)9-4(2-10)7(6)13/h3-4,6-7,9-10,13H,1-2H2,(H,11,12). The Hall–Kier alpha value is -0.720. The number of hydrogen-bond donors (Lipinski definition) is 4. The van der Waals surface area contributed by atoms with Crippen LogP contribution in [0.2, 0.25) is 0 Å². The molecule has 0 amide bonds. The Morgan fingerprint density at radius 2 is 2.08 bits per heavy atom. The number of alkyl halides is 1. The van der Waals surface area contributed by atoms with Crippen molar-refractivity contribution in [2.45, 2.75) is 30.8 Å². The molecule has 0 aromatic heterocycles. The van der Waals surface area contributed by atoms with Crippen LogP contribution in [-0.2, 0) is 4.79 Å². The van der Waals surface area contributed by atoms with Gasteiger partial charge in [0.1, 0.15) is 12.3 Å². The average Bonchev–Trinajstić information content (AvgIpc) is 2.32. The molecule has 0 aliphatic carbocycles. The summed E-state index contributed by atoms with van der Waals surface area (Å²) in [6.45, 7) is -0.405. The van der Waals surface area contributed by atoms with E-state index in [9.17, 15) is 9.18 Å². The molecule has 1 heterocycles. The van der Waals surface area contributed by atoms with E-state index in [4.69, 9.17) is 15.3 Å². The quantitative estimate of drug-likeness (QED) is 0.437. The molecule has 0 aromatic carbocycles. The third-order valence-electron chi connectivity index (χ3n) is 2.14. The molecule has 1 fully saturated rings. The van der Waals surface area contributed by atoms with E-state index < -0.39 is 43.4 Å². The average molecular weight is 193 g/mol. The van der Waals surface area contributed by atoms with Crippen LogP contribution in [0.3, 0.4) is 0 Å².